The van der Waals surface area contributed by atoms with Crippen LogP contribution >= 0.6 is 0 Å². The topological polar surface area (TPSA) is 97.0 Å². The number of rotatable bonds is 6. The Bertz CT molecular complexity index is 2530. The van der Waals surface area contributed by atoms with Gasteiger partial charge < -0.3 is 14.8 Å². The van der Waals surface area contributed by atoms with E-state index in [4.69, 9.17) is 10.2 Å². The minimum atomic E-state index is -0.375. The van der Waals surface area contributed by atoms with Crippen LogP contribution in [-0.4, -0.2) is 46.9 Å². The predicted molar refractivity (Wildman–Crippen MR) is 221 cm³/mol. The molecule has 1 radical (unpaired) electrons. The number of aryl methyl sites for hydroxylation is 1. The molecule has 9 rings (SSSR count). The van der Waals surface area contributed by atoms with Gasteiger partial charge in [0.1, 0.15) is 6.33 Å². The van der Waals surface area contributed by atoms with E-state index in [1.54, 1.807) is 20.2 Å². The number of nitrogens with zero attached hydrogens (tertiary/aromatic N) is 5. The number of fused-ring (bicyclic) bond motifs is 6. The quantitative estimate of drug-likeness (QED) is 0.127. The number of benzene rings is 5. The predicted octanol–water partition coefficient (Wildman–Crippen LogP) is 10.3. The summed E-state index contributed by atoms with van der Waals surface area (Å²) in [5.74, 6) is 0. The Kier molecular flexibility index (Phi) is 12.9. The first-order chi connectivity index (χ1) is 26.4. The minimum absolute atomic E-state index is 0. The minimum Gasteiger partial charge on any atom is -0.393 e. The van der Waals surface area contributed by atoms with Crippen LogP contribution in [0.15, 0.2) is 152 Å². The zero-order chi connectivity index (χ0) is 37.4. The molecular weight excluding hydrogens is 859 g/mol. The Morgan fingerprint density at radius 1 is 0.582 bits per heavy atom. The Labute approximate surface area is 334 Å². The van der Waals surface area contributed by atoms with Crippen LogP contribution in [0.3, 0.4) is 0 Å². The van der Waals surface area contributed by atoms with Gasteiger partial charge in [-0.1, -0.05) is 91.0 Å². The first-order valence-electron chi connectivity index (χ1n) is 18.3. The van der Waals surface area contributed by atoms with Gasteiger partial charge in [0, 0.05) is 60.9 Å². The number of aromatic nitrogens is 5. The third kappa shape index (κ3) is 8.54. The summed E-state index contributed by atoms with van der Waals surface area (Å²) >= 11 is 0. The van der Waals surface area contributed by atoms with Gasteiger partial charge in [-0.25, -0.2) is 4.98 Å². The molecule has 4 aromatic heterocycles. The number of hydrogen-bond acceptors (Lipinski definition) is 6. The van der Waals surface area contributed by atoms with Crippen LogP contribution in [0.4, 0.5) is 0 Å². The molecule has 9 aromatic rings. The van der Waals surface area contributed by atoms with Crippen LogP contribution in [0.5, 0.6) is 0 Å². The van der Waals surface area contributed by atoms with E-state index in [-0.39, 0.29) is 32.3 Å². The van der Waals surface area contributed by atoms with E-state index in [1.165, 1.54) is 33.2 Å². The van der Waals surface area contributed by atoms with E-state index in [0.29, 0.717) is 6.42 Å². The maximum Gasteiger partial charge on any atom is 0.106 e. The summed E-state index contributed by atoms with van der Waals surface area (Å²) < 4.78 is 2.28. The molecule has 0 amide bonds. The van der Waals surface area contributed by atoms with E-state index in [1.807, 2.05) is 48.8 Å². The molecule has 0 saturated heterocycles. The van der Waals surface area contributed by atoms with E-state index in [9.17, 15) is 0 Å². The molecule has 4 heterocycles. The molecule has 277 valence electrons. The van der Waals surface area contributed by atoms with Gasteiger partial charge in [-0.2, -0.15) is 0 Å². The van der Waals surface area contributed by atoms with Crippen LogP contribution in [0, 0.1) is 6.07 Å². The normalized spacial score (nSPS) is 11.9. The summed E-state index contributed by atoms with van der Waals surface area (Å²) in [7, 11) is 0. The van der Waals surface area contributed by atoms with E-state index >= 15 is 0 Å². The van der Waals surface area contributed by atoms with Gasteiger partial charge in [0.2, 0.25) is 0 Å². The molecular formula is C47H42IrN5O2-. The van der Waals surface area contributed by atoms with Crippen molar-refractivity contribution >= 4 is 43.7 Å². The fourth-order valence-corrected chi connectivity index (χ4v) is 6.99. The van der Waals surface area contributed by atoms with Gasteiger partial charge in [-0.05, 0) is 67.6 Å². The Hall–Kier alpha value is -5.63. The number of para-hydroxylation sites is 1. The largest absolute Gasteiger partial charge is 0.393 e. The Morgan fingerprint density at radius 3 is 1.64 bits per heavy atom. The Morgan fingerprint density at radius 2 is 1.13 bits per heavy atom. The summed E-state index contributed by atoms with van der Waals surface area (Å²) in [5.41, 5.74) is 11.9. The molecule has 2 unspecified atom stereocenters. The van der Waals surface area contributed by atoms with Gasteiger partial charge in [0.15, 0.2) is 0 Å². The molecule has 8 heteroatoms. The molecule has 2 N–H and O–H groups in total. The smallest absolute Gasteiger partial charge is 0.106 e. The van der Waals surface area contributed by atoms with Gasteiger partial charge in [0.25, 0.3) is 0 Å². The maximum absolute atomic E-state index is 8.56. The standard InChI is InChI=1S/C24H16N2.C18H14N3.C5H12O2.Ir/c1-3-7-17(8-4-1)19-13-15-25-23-21(19)11-12-22-20(14-16-26-24(22)23)18-9-5-2-6-10-18;1-2-21-15-11-7-6-10-14(15)17-18(21)16(19-12-20-17)13-8-4-3-5-9-13;1-4(6)3-5(2)7;/h1-16H;3-8,10-12H,2H2,1H3;4-7H,3H2,1-2H3;/q;-1;;. The van der Waals surface area contributed by atoms with Crippen molar-refractivity contribution in [3.8, 4) is 33.5 Å². The second-order valence-electron chi connectivity index (χ2n) is 13.2. The molecule has 0 aliphatic carbocycles. The number of pyridine rings is 2. The van der Waals surface area contributed by atoms with Crippen molar-refractivity contribution in [2.75, 3.05) is 0 Å². The third-order valence-electron chi connectivity index (χ3n) is 9.30. The summed E-state index contributed by atoms with van der Waals surface area (Å²) in [5, 5.41) is 20.6. The van der Waals surface area contributed by atoms with Crippen molar-refractivity contribution in [1.29, 1.82) is 0 Å². The van der Waals surface area contributed by atoms with Crippen molar-refractivity contribution in [3.63, 3.8) is 0 Å². The van der Waals surface area contributed by atoms with Crippen LogP contribution in [0.1, 0.15) is 27.2 Å². The molecule has 2 atom stereocenters. The molecule has 5 aromatic carbocycles. The van der Waals surface area contributed by atoms with Crippen molar-refractivity contribution in [2.45, 2.75) is 45.9 Å². The first-order valence-corrected chi connectivity index (χ1v) is 18.3. The molecule has 0 aliphatic rings. The molecule has 0 bridgehead atoms. The number of hydrogen-bond donors (Lipinski definition) is 2. The second-order valence-corrected chi connectivity index (χ2v) is 13.2. The number of aliphatic hydroxyl groups excluding tert-OH is 2. The summed E-state index contributed by atoms with van der Waals surface area (Å²) in [6, 6.07) is 48.9. The summed E-state index contributed by atoms with van der Waals surface area (Å²) in [6.45, 7) is 6.36. The maximum atomic E-state index is 8.56. The zero-order valence-electron chi connectivity index (χ0n) is 31.0. The summed E-state index contributed by atoms with van der Waals surface area (Å²) in [6.07, 6.45) is 5.12. The van der Waals surface area contributed by atoms with Crippen molar-refractivity contribution < 1.29 is 30.3 Å². The van der Waals surface area contributed by atoms with Crippen molar-refractivity contribution in [2.24, 2.45) is 0 Å². The fourth-order valence-electron chi connectivity index (χ4n) is 6.99. The monoisotopic (exact) mass is 901 g/mol. The molecule has 0 fully saturated rings. The van der Waals surface area contributed by atoms with Gasteiger partial charge in [0.05, 0.1) is 39.8 Å². The molecule has 0 spiro atoms. The molecule has 7 nitrogen and oxygen atoms in total. The molecule has 0 aliphatic heterocycles. The van der Waals surface area contributed by atoms with Crippen LogP contribution in [-0.2, 0) is 26.7 Å². The average Bonchev–Trinajstić information content (AvgIpc) is 3.55. The number of aliphatic hydroxyl groups is 2. The van der Waals surface area contributed by atoms with Gasteiger partial charge >= 0.3 is 0 Å². The third-order valence-corrected chi connectivity index (χ3v) is 9.30. The van der Waals surface area contributed by atoms with Gasteiger partial charge in [-0.15, -0.1) is 35.9 Å². The van der Waals surface area contributed by atoms with Crippen molar-refractivity contribution in [1.82, 2.24) is 24.5 Å². The molecule has 55 heavy (non-hydrogen) atoms. The second kappa shape index (κ2) is 18.1. The SMILES string of the molecule is CC(O)CC(C)O.CCn1c2ccccc2c2ncnc(-c3[c-]cccc3)c21.[Ir].c1ccc(-c2ccnc3c2ccc2c(-c4ccccc4)ccnc23)cc1. The first kappa shape index (κ1) is 39.1. The van der Waals surface area contributed by atoms with Crippen molar-refractivity contribution in [3.05, 3.63) is 158 Å². The van der Waals surface area contributed by atoms with Gasteiger partial charge in [-0.3, -0.25) is 15.0 Å². The van der Waals surface area contributed by atoms with Crippen LogP contribution in [0.25, 0.3) is 77.3 Å². The van der Waals surface area contributed by atoms with E-state index < -0.39 is 0 Å². The summed E-state index contributed by atoms with van der Waals surface area (Å²) in [4.78, 5) is 18.4. The average molecular weight is 901 g/mol. The molecule has 0 saturated carbocycles. The van der Waals surface area contributed by atoms with Crippen LogP contribution < -0.4 is 0 Å². The zero-order valence-corrected chi connectivity index (χ0v) is 33.4. The Balaban J connectivity index is 0.000000160. The van der Waals surface area contributed by atoms with E-state index in [0.717, 1.165) is 50.6 Å². The van der Waals surface area contributed by atoms with Crippen LogP contribution in [0.2, 0.25) is 0 Å². The van der Waals surface area contributed by atoms with E-state index in [2.05, 4.69) is 135 Å². The fraction of sp³-hybridized carbons (Fsp3) is 0.149.